The highest BCUT2D eigenvalue weighted by Crippen LogP contribution is 2.29. The molecule has 2 heteroatoms. The first kappa shape index (κ1) is 17.0. The Morgan fingerprint density at radius 3 is 2.45 bits per heavy atom. The molecule has 0 aliphatic rings. The summed E-state index contributed by atoms with van der Waals surface area (Å²) in [5, 5.41) is 3.44. The highest BCUT2D eigenvalue weighted by molar-refractivity contribution is 5.39. The second-order valence-electron chi connectivity index (χ2n) is 5.64. The molecule has 0 saturated heterocycles. The Labute approximate surface area is 124 Å². The molecule has 0 aromatic heterocycles. The van der Waals surface area contributed by atoms with Crippen molar-refractivity contribution in [2.45, 2.75) is 64.8 Å². The van der Waals surface area contributed by atoms with Gasteiger partial charge in [-0.3, -0.25) is 0 Å². The average molecular weight is 277 g/mol. The summed E-state index contributed by atoms with van der Waals surface area (Å²) >= 11 is 0. The van der Waals surface area contributed by atoms with E-state index in [0.717, 1.165) is 5.75 Å². The molecular weight excluding hydrogens is 246 g/mol. The van der Waals surface area contributed by atoms with E-state index >= 15 is 0 Å². The molecule has 0 radical (unpaired) electrons. The quantitative estimate of drug-likeness (QED) is 0.607. The lowest BCUT2D eigenvalue weighted by molar-refractivity contribution is 0.396. The molecular formula is C18H31NO. The number of hydrogen-bond acceptors (Lipinski definition) is 2. The van der Waals surface area contributed by atoms with E-state index in [9.17, 15) is 0 Å². The molecule has 0 spiro atoms. The van der Waals surface area contributed by atoms with Gasteiger partial charge in [0.1, 0.15) is 5.75 Å². The molecule has 0 heterocycles. The van der Waals surface area contributed by atoms with Crippen molar-refractivity contribution in [1.29, 1.82) is 0 Å². The van der Waals surface area contributed by atoms with E-state index in [1.54, 1.807) is 7.11 Å². The topological polar surface area (TPSA) is 21.3 Å². The predicted molar refractivity (Wildman–Crippen MR) is 87.5 cm³/mol. The Hall–Kier alpha value is -1.02. The molecule has 0 fully saturated rings. The van der Waals surface area contributed by atoms with Gasteiger partial charge in [0.05, 0.1) is 7.11 Å². The number of hydrogen-bond donors (Lipinski definition) is 1. The van der Waals surface area contributed by atoms with Crippen LogP contribution in [-0.4, -0.2) is 14.2 Å². The Morgan fingerprint density at radius 2 is 1.80 bits per heavy atom. The number of aryl methyl sites for hydroxylation is 1. The van der Waals surface area contributed by atoms with E-state index in [0.29, 0.717) is 6.04 Å². The number of rotatable bonds is 10. The minimum Gasteiger partial charge on any atom is -0.496 e. The summed E-state index contributed by atoms with van der Waals surface area (Å²) < 4.78 is 5.50. The monoisotopic (exact) mass is 277 g/mol. The third-order valence-corrected chi connectivity index (χ3v) is 3.96. The molecule has 0 aliphatic heterocycles. The average Bonchev–Trinajstić information content (AvgIpc) is 2.46. The third-order valence-electron chi connectivity index (χ3n) is 3.96. The second kappa shape index (κ2) is 9.82. The van der Waals surface area contributed by atoms with Crippen LogP contribution in [0.4, 0.5) is 0 Å². The summed E-state index contributed by atoms with van der Waals surface area (Å²) in [5.41, 5.74) is 2.59. The number of nitrogens with one attached hydrogen (secondary N) is 1. The molecule has 1 atom stereocenters. The van der Waals surface area contributed by atoms with Crippen LogP contribution in [0.3, 0.4) is 0 Å². The van der Waals surface area contributed by atoms with Gasteiger partial charge in [-0.25, -0.2) is 0 Å². The fraction of sp³-hybridized carbons (Fsp3) is 0.667. The zero-order valence-electron chi connectivity index (χ0n) is 13.7. The van der Waals surface area contributed by atoms with Crippen molar-refractivity contribution < 1.29 is 4.74 Å². The third kappa shape index (κ3) is 5.54. The minimum atomic E-state index is 0.399. The van der Waals surface area contributed by atoms with Crippen molar-refractivity contribution in [2.75, 3.05) is 14.2 Å². The van der Waals surface area contributed by atoms with Gasteiger partial charge in [0, 0.05) is 11.6 Å². The Morgan fingerprint density at radius 1 is 1.10 bits per heavy atom. The Balaban J connectivity index is 2.51. The van der Waals surface area contributed by atoms with E-state index in [1.165, 1.54) is 56.1 Å². The van der Waals surface area contributed by atoms with Crippen molar-refractivity contribution in [1.82, 2.24) is 5.32 Å². The fourth-order valence-electron chi connectivity index (χ4n) is 2.71. The molecule has 20 heavy (non-hydrogen) atoms. The fourth-order valence-corrected chi connectivity index (χ4v) is 2.71. The maximum atomic E-state index is 5.50. The summed E-state index contributed by atoms with van der Waals surface area (Å²) in [4.78, 5) is 0. The second-order valence-corrected chi connectivity index (χ2v) is 5.64. The van der Waals surface area contributed by atoms with Gasteiger partial charge in [-0.1, -0.05) is 63.1 Å². The van der Waals surface area contributed by atoms with Crippen LogP contribution in [0.5, 0.6) is 5.75 Å². The van der Waals surface area contributed by atoms with Crippen LogP contribution in [0, 0.1) is 6.92 Å². The minimum absolute atomic E-state index is 0.399. The van der Waals surface area contributed by atoms with Crippen molar-refractivity contribution in [3.63, 3.8) is 0 Å². The molecule has 1 rings (SSSR count). The van der Waals surface area contributed by atoms with Crippen LogP contribution >= 0.6 is 0 Å². The smallest absolute Gasteiger partial charge is 0.123 e. The van der Waals surface area contributed by atoms with Crippen molar-refractivity contribution in [3.05, 3.63) is 29.3 Å². The van der Waals surface area contributed by atoms with E-state index in [1.807, 2.05) is 7.05 Å². The first-order valence-corrected chi connectivity index (χ1v) is 8.04. The molecule has 114 valence electrons. The first-order valence-electron chi connectivity index (χ1n) is 8.04. The van der Waals surface area contributed by atoms with E-state index in [4.69, 9.17) is 4.74 Å². The van der Waals surface area contributed by atoms with Gasteiger partial charge in [0.2, 0.25) is 0 Å². The molecule has 1 aromatic rings. The lowest BCUT2D eigenvalue weighted by Gasteiger charge is -2.20. The van der Waals surface area contributed by atoms with Crippen molar-refractivity contribution in [2.24, 2.45) is 0 Å². The van der Waals surface area contributed by atoms with Gasteiger partial charge in [0.15, 0.2) is 0 Å². The van der Waals surface area contributed by atoms with Crippen molar-refractivity contribution >= 4 is 0 Å². The highest BCUT2D eigenvalue weighted by Gasteiger charge is 2.14. The summed E-state index contributed by atoms with van der Waals surface area (Å²) in [5.74, 6) is 1.00. The lowest BCUT2D eigenvalue weighted by atomic mass is 9.97. The number of ether oxygens (including phenoxy) is 1. The van der Waals surface area contributed by atoms with Crippen LogP contribution in [-0.2, 0) is 0 Å². The lowest BCUT2D eigenvalue weighted by Crippen LogP contribution is -2.17. The van der Waals surface area contributed by atoms with E-state index in [-0.39, 0.29) is 0 Å². The van der Waals surface area contributed by atoms with Gasteiger partial charge in [-0.2, -0.15) is 0 Å². The normalized spacial score (nSPS) is 12.4. The SMILES string of the molecule is CCCCCCCCC(NC)c1cc(C)ccc1OC. The molecule has 1 aromatic carbocycles. The maximum absolute atomic E-state index is 5.50. The van der Waals surface area contributed by atoms with Crippen LogP contribution in [0.1, 0.15) is 69.0 Å². The summed E-state index contributed by atoms with van der Waals surface area (Å²) in [6, 6.07) is 6.84. The Bertz CT molecular complexity index is 376. The summed E-state index contributed by atoms with van der Waals surface area (Å²) in [6.07, 6.45) is 9.26. The van der Waals surface area contributed by atoms with E-state index < -0.39 is 0 Å². The highest BCUT2D eigenvalue weighted by atomic mass is 16.5. The largest absolute Gasteiger partial charge is 0.496 e. The molecule has 0 saturated carbocycles. The zero-order chi connectivity index (χ0) is 14.8. The van der Waals surface area contributed by atoms with Gasteiger partial charge in [0.25, 0.3) is 0 Å². The van der Waals surface area contributed by atoms with E-state index in [2.05, 4.69) is 37.4 Å². The number of methoxy groups -OCH3 is 1. The van der Waals surface area contributed by atoms with Crippen molar-refractivity contribution in [3.8, 4) is 5.75 Å². The molecule has 1 N–H and O–H groups in total. The van der Waals surface area contributed by atoms with Gasteiger partial charge in [-0.05, 0) is 26.5 Å². The molecule has 1 unspecified atom stereocenters. The van der Waals surface area contributed by atoms with Crippen LogP contribution in [0.2, 0.25) is 0 Å². The predicted octanol–water partition coefficient (Wildman–Crippen LogP) is 5.01. The standard InChI is InChI=1S/C18H31NO/c1-5-6-7-8-9-10-11-17(19-3)16-14-15(2)12-13-18(16)20-4/h12-14,17,19H,5-11H2,1-4H3. The zero-order valence-corrected chi connectivity index (χ0v) is 13.7. The van der Waals surface area contributed by atoms with Crippen LogP contribution in [0.25, 0.3) is 0 Å². The molecule has 0 amide bonds. The molecule has 0 aliphatic carbocycles. The van der Waals surface area contributed by atoms with Crippen LogP contribution < -0.4 is 10.1 Å². The van der Waals surface area contributed by atoms with Gasteiger partial charge in [-0.15, -0.1) is 0 Å². The van der Waals surface area contributed by atoms with Crippen LogP contribution in [0.15, 0.2) is 18.2 Å². The summed E-state index contributed by atoms with van der Waals surface area (Å²) in [7, 11) is 3.80. The number of unbranched alkanes of at least 4 members (excludes halogenated alkanes) is 5. The molecule has 2 nitrogen and oxygen atoms in total. The maximum Gasteiger partial charge on any atom is 0.123 e. The number of benzene rings is 1. The summed E-state index contributed by atoms with van der Waals surface area (Å²) in [6.45, 7) is 4.40. The van der Waals surface area contributed by atoms with Gasteiger partial charge < -0.3 is 10.1 Å². The molecule has 0 bridgehead atoms. The first-order chi connectivity index (χ1) is 9.72. The Kier molecular flexibility index (Phi) is 8.36. The van der Waals surface area contributed by atoms with Gasteiger partial charge >= 0.3 is 0 Å².